The molecule has 0 aromatic rings. The van der Waals surface area contributed by atoms with E-state index in [1.165, 1.54) is 0 Å². The van der Waals surface area contributed by atoms with Crippen molar-refractivity contribution in [1.82, 2.24) is 10.6 Å². The predicted molar refractivity (Wildman–Crippen MR) is 64.7 cm³/mol. The van der Waals surface area contributed by atoms with Gasteiger partial charge in [0, 0.05) is 0 Å². The van der Waals surface area contributed by atoms with Crippen LogP contribution in [0.4, 0.5) is 0 Å². The van der Waals surface area contributed by atoms with Gasteiger partial charge in [0.1, 0.15) is 6.04 Å². The Morgan fingerprint density at radius 1 is 1.47 bits per heavy atom. The third-order valence-electron chi connectivity index (χ3n) is 3.46. The molecule has 2 atom stereocenters. The number of nitrogens with one attached hydrogen (secondary N) is 2. The normalized spacial score (nSPS) is 25.5. The Morgan fingerprint density at radius 3 is 2.59 bits per heavy atom. The molecule has 1 aliphatic heterocycles. The summed E-state index contributed by atoms with van der Waals surface area (Å²) < 4.78 is 0. The van der Waals surface area contributed by atoms with Crippen LogP contribution in [0, 0.1) is 0 Å². The highest BCUT2D eigenvalue weighted by molar-refractivity contribution is 5.90. The summed E-state index contributed by atoms with van der Waals surface area (Å²) >= 11 is 0. The summed E-state index contributed by atoms with van der Waals surface area (Å²) in [7, 11) is 0. The van der Waals surface area contributed by atoms with E-state index in [4.69, 9.17) is 5.11 Å². The molecule has 1 unspecified atom stereocenters. The second kappa shape index (κ2) is 6.00. The first-order valence-corrected chi connectivity index (χ1v) is 6.34. The van der Waals surface area contributed by atoms with Gasteiger partial charge in [-0.15, -0.1) is 0 Å². The summed E-state index contributed by atoms with van der Waals surface area (Å²) in [5, 5.41) is 14.9. The molecule has 98 valence electrons. The SMILES string of the molecule is CCC[C@H](NC(=O)C1(CC)CCCN1)C(=O)O. The van der Waals surface area contributed by atoms with E-state index >= 15 is 0 Å². The van der Waals surface area contributed by atoms with Crippen LogP contribution < -0.4 is 10.6 Å². The van der Waals surface area contributed by atoms with Gasteiger partial charge in [0.05, 0.1) is 5.54 Å². The largest absolute Gasteiger partial charge is 0.480 e. The molecule has 1 aliphatic rings. The van der Waals surface area contributed by atoms with Crippen molar-refractivity contribution in [2.45, 2.75) is 57.5 Å². The summed E-state index contributed by atoms with van der Waals surface area (Å²) in [4.78, 5) is 23.1. The number of carboxylic acid groups (broad SMARTS) is 1. The lowest BCUT2D eigenvalue weighted by molar-refractivity contribution is -0.143. The van der Waals surface area contributed by atoms with E-state index in [1.807, 2.05) is 13.8 Å². The quantitative estimate of drug-likeness (QED) is 0.646. The van der Waals surface area contributed by atoms with Gasteiger partial charge in [-0.25, -0.2) is 4.79 Å². The minimum atomic E-state index is -0.954. The molecule has 1 heterocycles. The average Bonchev–Trinajstić information content (AvgIpc) is 2.78. The molecule has 0 aromatic carbocycles. The van der Waals surface area contributed by atoms with Crippen LogP contribution in [0.2, 0.25) is 0 Å². The number of rotatable bonds is 6. The van der Waals surface area contributed by atoms with Gasteiger partial charge < -0.3 is 15.7 Å². The molecule has 1 fully saturated rings. The minimum absolute atomic E-state index is 0.168. The second-order valence-electron chi connectivity index (χ2n) is 4.62. The van der Waals surface area contributed by atoms with Crippen LogP contribution in [-0.4, -0.2) is 35.1 Å². The van der Waals surface area contributed by atoms with Crippen molar-refractivity contribution in [2.24, 2.45) is 0 Å². The maximum absolute atomic E-state index is 12.2. The predicted octanol–water partition coefficient (Wildman–Crippen LogP) is 0.888. The highest BCUT2D eigenvalue weighted by Crippen LogP contribution is 2.23. The Bertz CT molecular complexity index is 285. The maximum Gasteiger partial charge on any atom is 0.326 e. The molecule has 0 aromatic heterocycles. The first-order valence-electron chi connectivity index (χ1n) is 6.34. The summed E-state index contributed by atoms with van der Waals surface area (Å²) in [6.45, 7) is 4.69. The van der Waals surface area contributed by atoms with E-state index < -0.39 is 17.6 Å². The molecule has 3 N–H and O–H groups in total. The third-order valence-corrected chi connectivity index (χ3v) is 3.46. The number of carboxylic acids is 1. The summed E-state index contributed by atoms with van der Waals surface area (Å²) in [6.07, 6.45) is 3.66. The van der Waals surface area contributed by atoms with Crippen molar-refractivity contribution in [3.8, 4) is 0 Å². The summed E-state index contributed by atoms with van der Waals surface area (Å²) in [5.41, 5.74) is -0.554. The van der Waals surface area contributed by atoms with Crippen molar-refractivity contribution in [1.29, 1.82) is 0 Å². The number of carbonyl (C=O) groups excluding carboxylic acids is 1. The molecular formula is C12H22N2O3. The first-order chi connectivity index (χ1) is 8.05. The van der Waals surface area contributed by atoms with E-state index in [9.17, 15) is 9.59 Å². The number of carbonyl (C=O) groups is 2. The molecule has 1 rings (SSSR count). The Hall–Kier alpha value is -1.10. The molecule has 5 nitrogen and oxygen atoms in total. The van der Waals surface area contributed by atoms with Crippen LogP contribution in [-0.2, 0) is 9.59 Å². The fourth-order valence-corrected chi connectivity index (χ4v) is 2.30. The van der Waals surface area contributed by atoms with Crippen LogP contribution in [0.5, 0.6) is 0 Å². The lowest BCUT2D eigenvalue weighted by atomic mass is 9.92. The highest BCUT2D eigenvalue weighted by atomic mass is 16.4. The zero-order chi connectivity index (χ0) is 12.9. The van der Waals surface area contributed by atoms with E-state index in [-0.39, 0.29) is 5.91 Å². The van der Waals surface area contributed by atoms with Crippen LogP contribution in [0.3, 0.4) is 0 Å². The van der Waals surface area contributed by atoms with E-state index in [0.717, 1.165) is 25.8 Å². The molecule has 0 spiro atoms. The van der Waals surface area contributed by atoms with Crippen molar-refractivity contribution in [3.05, 3.63) is 0 Å². The Balaban J connectivity index is 2.65. The van der Waals surface area contributed by atoms with Crippen molar-refractivity contribution < 1.29 is 14.7 Å². The lowest BCUT2D eigenvalue weighted by Crippen LogP contribution is -2.56. The van der Waals surface area contributed by atoms with Crippen LogP contribution in [0.15, 0.2) is 0 Å². The van der Waals surface area contributed by atoms with E-state index in [1.54, 1.807) is 0 Å². The topological polar surface area (TPSA) is 78.4 Å². The summed E-state index contributed by atoms with van der Waals surface area (Å²) in [5.74, 6) is -1.12. The molecule has 1 saturated heterocycles. The molecule has 17 heavy (non-hydrogen) atoms. The van der Waals surface area contributed by atoms with Gasteiger partial charge in [0.15, 0.2) is 0 Å². The molecule has 0 radical (unpaired) electrons. The smallest absolute Gasteiger partial charge is 0.326 e. The number of hydrogen-bond donors (Lipinski definition) is 3. The highest BCUT2D eigenvalue weighted by Gasteiger charge is 2.40. The zero-order valence-corrected chi connectivity index (χ0v) is 10.6. The van der Waals surface area contributed by atoms with Crippen LogP contribution in [0.1, 0.15) is 46.0 Å². The molecule has 5 heteroatoms. The molecule has 0 aliphatic carbocycles. The maximum atomic E-state index is 12.2. The number of amides is 1. The standard InChI is InChI=1S/C12H22N2O3/c1-3-6-9(10(15)16)14-11(17)12(4-2)7-5-8-13-12/h9,13H,3-8H2,1-2H3,(H,14,17)(H,15,16)/t9-,12?/m0/s1. The van der Waals surface area contributed by atoms with Gasteiger partial charge in [0.2, 0.25) is 5.91 Å². The Labute approximate surface area is 102 Å². The third kappa shape index (κ3) is 3.19. The van der Waals surface area contributed by atoms with Gasteiger partial charge in [-0.05, 0) is 32.2 Å². The van der Waals surface area contributed by atoms with Crippen LogP contribution in [0.25, 0.3) is 0 Å². The second-order valence-corrected chi connectivity index (χ2v) is 4.62. The molecule has 1 amide bonds. The fourth-order valence-electron chi connectivity index (χ4n) is 2.30. The average molecular weight is 242 g/mol. The summed E-state index contributed by atoms with van der Waals surface area (Å²) in [6, 6.07) is -0.765. The van der Waals surface area contributed by atoms with E-state index in [0.29, 0.717) is 12.8 Å². The monoisotopic (exact) mass is 242 g/mol. The minimum Gasteiger partial charge on any atom is -0.480 e. The van der Waals surface area contributed by atoms with Gasteiger partial charge >= 0.3 is 5.97 Å². The Morgan fingerprint density at radius 2 is 2.18 bits per heavy atom. The van der Waals surface area contributed by atoms with Gasteiger partial charge in [-0.1, -0.05) is 20.3 Å². The lowest BCUT2D eigenvalue weighted by Gasteiger charge is -2.28. The fraction of sp³-hybridized carbons (Fsp3) is 0.833. The molecule has 0 bridgehead atoms. The van der Waals surface area contributed by atoms with Crippen LogP contribution >= 0.6 is 0 Å². The van der Waals surface area contributed by atoms with Gasteiger partial charge in [-0.3, -0.25) is 4.79 Å². The molecule has 0 saturated carbocycles. The van der Waals surface area contributed by atoms with Crippen molar-refractivity contribution in [3.63, 3.8) is 0 Å². The van der Waals surface area contributed by atoms with Crippen molar-refractivity contribution in [2.75, 3.05) is 6.54 Å². The number of hydrogen-bond acceptors (Lipinski definition) is 3. The van der Waals surface area contributed by atoms with E-state index in [2.05, 4.69) is 10.6 Å². The zero-order valence-electron chi connectivity index (χ0n) is 10.6. The van der Waals surface area contributed by atoms with Crippen molar-refractivity contribution >= 4 is 11.9 Å². The van der Waals surface area contributed by atoms with Gasteiger partial charge in [0.25, 0.3) is 0 Å². The number of aliphatic carboxylic acids is 1. The Kier molecular flexibility index (Phi) is 4.93. The molecular weight excluding hydrogens is 220 g/mol. The first kappa shape index (κ1) is 14.0. The van der Waals surface area contributed by atoms with Gasteiger partial charge in [-0.2, -0.15) is 0 Å².